The van der Waals surface area contributed by atoms with Crippen molar-refractivity contribution in [2.24, 2.45) is 0 Å². The van der Waals surface area contributed by atoms with Crippen molar-refractivity contribution in [2.75, 3.05) is 69.5 Å². The molecule has 1 aliphatic heterocycles. The first kappa shape index (κ1) is 46.9. The molecule has 2 aliphatic rings. The Morgan fingerprint density at radius 2 is 1.45 bits per heavy atom. The molecule has 5 aromatic rings. The summed E-state index contributed by atoms with van der Waals surface area (Å²) < 4.78 is 16.1. The minimum absolute atomic E-state index is 0.0376. The number of ether oxygens (including phenoxy) is 3. The predicted molar refractivity (Wildman–Crippen MR) is 253 cm³/mol. The van der Waals surface area contributed by atoms with Crippen LogP contribution < -0.4 is 20.9 Å². The second-order valence-electron chi connectivity index (χ2n) is 16.0. The number of rotatable bonds is 22. The summed E-state index contributed by atoms with van der Waals surface area (Å²) in [7, 11) is 0. The molecule has 0 saturated carbocycles. The molecule has 1 saturated heterocycles. The van der Waals surface area contributed by atoms with Crippen LogP contribution in [0.3, 0.4) is 0 Å². The summed E-state index contributed by atoms with van der Waals surface area (Å²) >= 11 is 1.57. The number of hydrogen-bond acceptors (Lipinski definition) is 10. The normalized spacial score (nSPS) is 14.6. The number of aromatic nitrogens is 1. The topological polar surface area (TPSA) is 168 Å². The number of hydrogen-bond donors (Lipinski definition) is 4. The Balaban J connectivity index is 0.943. The molecule has 4 aromatic carbocycles. The van der Waals surface area contributed by atoms with Gasteiger partial charge >= 0.3 is 5.97 Å². The van der Waals surface area contributed by atoms with Crippen molar-refractivity contribution in [1.82, 2.24) is 15.6 Å². The van der Waals surface area contributed by atoms with Crippen LogP contribution in [0, 0.1) is 0 Å². The lowest BCUT2D eigenvalue weighted by Gasteiger charge is -2.29. The number of carbonyl (C=O) groups is 4. The number of carboxylic acid groups (broad SMARTS) is 1. The smallest absolute Gasteiger partial charge is 0.305 e. The van der Waals surface area contributed by atoms with Gasteiger partial charge in [-0.1, -0.05) is 42.5 Å². The maximum atomic E-state index is 14.0. The Labute approximate surface area is 384 Å². The van der Waals surface area contributed by atoms with Crippen LogP contribution in [0.2, 0.25) is 0 Å². The minimum atomic E-state index is -0.899. The Kier molecular flexibility index (Phi) is 17.5. The van der Waals surface area contributed by atoms with Gasteiger partial charge in [0.2, 0.25) is 0 Å². The minimum Gasteiger partial charge on any atom is -0.481 e. The fraction of sp³-hybridized carbons (Fsp3) is 0.353. The summed E-state index contributed by atoms with van der Waals surface area (Å²) in [6.07, 6.45) is 7.99. The summed E-state index contributed by atoms with van der Waals surface area (Å²) in [6.45, 7) is 4.11. The molecular weight excluding hydrogens is 843 g/mol. The maximum absolute atomic E-state index is 14.0. The number of benzene rings is 4. The highest BCUT2D eigenvalue weighted by molar-refractivity contribution is 7.98. The van der Waals surface area contributed by atoms with Gasteiger partial charge in [-0.2, -0.15) is 0 Å². The second kappa shape index (κ2) is 24.3. The molecule has 14 heteroatoms. The summed E-state index contributed by atoms with van der Waals surface area (Å²) in [4.78, 5) is 59.1. The molecule has 0 bridgehead atoms. The Hall–Kier alpha value is -6.06. The van der Waals surface area contributed by atoms with Gasteiger partial charge in [0.15, 0.2) is 0 Å². The molecule has 1 aliphatic carbocycles. The van der Waals surface area contributed by atoms with Crippen molar-refractivity contribution in [2.45, 2.75) is 61.6 Å². The van der Waals surface area contributed by atoms with Gasteiger partial charge in [-0.15, -0.1) is 11.8 Å². The molecule has 1 atom stereocenters. The SMILES string of the molecule is O=C(O)CCOCCOCCOCCNC(=O)c1cccc(SCc2cccc(C(=O)Nc3ccc(N4CCCCC4)cc3-c3cc(C(=O)N[C@H]4CCCc5ccccc54)ccn3)c2)c1. The summed E-state index contributed by atoms with van der Waals surface area (Å²) in [5.41, 5.74) is 7.95. The van der Waals surface area contributed by atoms with Crippen LogP contribution in [-0.4, -0.2) is 93.1 Å². The van der Waals surface area contributed by atoms with Gasteiger partial charge < -0.3 is 40.2 Å². The Bertz CT molecular complexity index is 2410. The van der Waals surface area contributed by atoms with Crippen molar-refractivity contribution >= 4 is 46.8 Å². The van der Waals surface area contributed by atoms with E-state index in [2.05, 4.69) is 39.0 Å². The van der Waals surface area contributed by atoms with Gasteiger partial charge in [0.25, 0.3) is 17.7 Å². The number of nitrogens with one attached hydrogen (secondary N) is 3. The fourth-order valence-corrected chi connectivity index (χ4v) is 8.90. The molecule has 65 heavy (non-hydrogen) atoms. The van der Waals surface area contributed by atoms with Crippen LogP contribution >= 0.6 is 11.8 Å². The number of pyridine rings is 1. The van der Waals surface area contributed by atoms with Gasteiger partial charge in [0.1, 0.15) is 0 Å². The van der Waals surface area contributed by atoms with Crippen LogP contribution in [0.25, 0.3) is 11.3 Å². The number of piperidine rings is 1. The van der Waals surface area contributed by atoms with E-state index in [-0.39, 0.29) is 36.8 Å². The van der Waals surface area contributed by atoms with Gasteiger partial charge in [-0.25, -0.2) is 0 Å². The fourth-order valence-electron chi connectivity index (χ4n) is 8.00. The molecule has 7 rings (SSSR count). The van der Waals surface area contributed by atoms with Gasteiger partial charge in [-0.05, 0) is 116 Å². The maximum Gasteiger partial charge on any atom is 0.305 e. The van der Waals surface area contributed by atoms with E-state index in [1.807, 2.05) is 66.7 Å². The van der Waals surface area contributed by atoms with Crippen LogP contribution in [-0.2, 0) is 31.2 Å². The van der Waals surface area contributed by atoms with Crippen molar-refractivity contribution < 1.29 is 38.5 Å². The van der Waals surface area contributed by atoms with Gasteiger partial charge in [-0.3, -0.25) is 24.2 Å². The van der Waals surface area contributed by atoms with Gasteiger partial charge in [0.05, 0.1) is 63.5 Å². The molecule has 0 unspecified atom stereocenters. The zero-order valence-corrected chi connectivity index (χ0v) is 37.4. The first-order valence-corrected chi connectivity index (χ1v) is 23.4. The van der Waals surface area contributed by atoms with Crippen molar-refractivity contribution in [3.8, 4) is 11.3 Å². The van der Waals surface area contributed by atoms with Crippen molar-refractivity contribution in [3.63, 3.8) is 0 Å². The lowest BCUT2D eigenvalue weighted by molar-refractivity contribution is -0.138. The molecule has 0 radical (unpaired) electrons. The number of aryl methyl sites for hydroxylation is 1. The van der Waals surface area contributed by atoms with Crippen LogP contribution in [0.5, 0.6) is 0 Å². The average molecular weight is 900 g/mol. The van der Waals surface area contributed by atoms with Crippen LogP contribution in [0.4, 0.5) is 11.4 Å². The zero-order chi connectivity index (χ0) is 45.2. The van der Waals surface area contributed by atoms with E-state index in [0.29, 0.717) is 73.4 Å². The third-order valence-electron chi connectivity index (χ3n) is 11.4. The molecule has 1 aromatic heterocycles. The van der Waals surface area contributed by atoms with E-state index < -0.39 is 5.97 Å². The number of anilines is 2. The number of thioether (sulfide) groups is 1. The molecule has 4 N–H and O–H groups in total. The number of amides is 3. The number of aliphatic carboxylic acids is 1. The monoisotopic (exact) mass is 899 g/mol. The Morgan fingerprint density at radius 1 is 0.708 bits per heavy atom. The largest absolute Gasteiger partial charge is 0.481 e. The lowest BCUT2D eigenvalue weighted by Crippen LogP contribution is -2.31. The standard InChI is InChI=1S/C51H57N5O8S/c57-48(58)20-25-62-27-29-64-30-28-63-26-22-53-49(59)39-13-7-14-42(32-39)65-35-36-9-6-12-38(31-36)50(60)55-46-18-17-41(56-23-4-1-5-24-56)34-44(46)47-33-40(19-21-52-47)51(61)54-45-16-8-11-37-10-2-3-15-43(37)45/h2-3,6-7,9-10,12-15,17-19,21,31-34,45H,1,4-5,8,11,16,20,22-30,35H2,(H,53,59)(H,54,61)(H,55,60)(H,57,58)/t45-/m0/s1. The second-order valence-corrected chi connectivity index (χ2v) is 17.1. The van der Waals surface area contributed by atoms with Crippen molar-refractivity contribution in [1.29, 1.82) is 0 Å². The highest BCUT2D eigenvalue weighted by atomic mass is 32.2. The first-order valence-electron chi connectivity index (χ1n) is 22.4. The predicted octanol–water partition coefficient (Wildman–Crippen LogP) is 8.35. The molecule has 2 heterocycles. The highest BCUT2D eigenvalue weighted by Gasteiger charge is 2.23. The van der Waals surface area contributed by atoms with E-state index in [1.165, 1.54) is 17.5 Å². The summed E-state index contributed by atoms with van der Waals surface area (Å²) in [6, 6.07) is 32.8. The first-order chi connectivity index (χ1) is 31.8. The third-order valence-corrected chi connectivity index (χ3v) is 12.4. The zero-order valence-electron chi connectivity index (χ0n) is 36.6. The summed E-state index contributed by atoms with van der Waals surface area (Å²) in [5, 5.41) is 17.9. The van der Waals surface area contributed by atoms with E-state index in [9.17, 15) is 19.2 Å². The highest BCUT2D eigenvalue weighted by Crippen LogP contribution is 2.34. The number of nitrogens with zero attached hydrogens (tertiary/aromatic N) is 2. The summed E-state index contributed by atoms with van der Waals surface area (Å²) in [5.74, 6) is -0.941. The number of carbonyl (C=O) groups excluding carboxylic acids is 3. The van der Waals surface area contributed by atoms with Crippen LogP contribution in [0.15, 0.2) is 114 Å². The van der Waals surface area contributed by atoms with Crippen LogP contribution in [0.1, 0.15) is 92.3 Å². The van der Waals surface area contributed by atoms with E-state index >= 15 is 0 Å². The number of fused-ring (bicyclic) bond motifs is 1. The van der Waals surface area contributed by atoms with Gasteiger partial charge in [0, 0.05) is 64.4 Å². The molecule has 340 valence electrons. The van der Waals surface area contributed by atoms with Crippen molar-refractivity contribution in [3.05, 3.63) is 143 Å². The Morgan fingerprint density at radius 3 is 2.26 bits per heavy atom. The molecule has 0 spiro atoms. The average Bonchev–Trinajstić information content (AvgIpc) is 3.34. The van der Waals surface area contributed by atoms with E-state index in [0.717, 1.165) is 66.9 Å². The molecular formula is C51H57N5O8S. The molecule has 13 nitrogen and oxygen atoms in total. The van der Waals surface area contributed by atoms with E-state index in [4.69, 9.17) is 24.3 Å². The quantitative estimate of drug-likeness (QED) is 0.0389. The number of carboxylic acids is 1. The molecule has 3 amide bonds. The van der Waals surface area contributed by atoms with E-state index in [1.54, 1.807) is 36.2 Å². The lowest BCUT2D eigenvalue weighted by atomic mass is 9.87. The molecule has 1 fully saturated rings. The third kappa shape index (κ3) is 14.0.